The second-order valence-electron chi connectivity index (χ2n) is 4.54. The maximum Gasteiger partial charge on any atom is 0.234 e. The van der Waals surface area contributed by atoms with Crippen LogP contribution in [0.3, 0.4) is 0 Å². The fourth-order valence-electron chi connectivity index (χ4n) is 2.26. The number of benzene rings is 1. The molecule has 0 aliphatic rings. The fraction of sp³-hybridized carbons (Fsp3) is 0.200. The van der Waals surface area contributed by atoms with Gasteiger partial charge in [0.1, 0.15) is 5.75 Å². The summed E-state index contributed by atoms with van der Waals surface area (Å²) in [6.45, 7) is 4.03. The van der Waals surface area contributed by atoms with Gasteiger partial charge in [-0.15, -0.1) is 0 Å². The molecule has 0 atom stereocenters. The van der Waals surface area contributed by atoms with Gasteiger partial charge in [0.25, 0.3) is 0 Å². The summed E-state index contributed by atoms with van der Waals surface area (Å²) in [7, 11) is 1.67. The number of ether oxygens (including phenoxy) is 1. The molecule has 0 unspecified atom stereocenters. The van der Waals surface area contributed by atoms with E-state index in [4.69, 9.17) is 4.74 Å². The zero-order chi connectivity index (χ0) is 13.4. The van der Waals surface area contributed by atoms with E-state index in [1.807, 2.05) is 47.9 Å². The van der Waals surface area contributed by atoms with E-state index >= 15 is 0 Å². The zero-order valence-electron chi connectivity index (χ0n) is 11.2. The maximum absolute atomic E-state index is 5.38. The van der Waals surface area contributed by atoms with E-state index in [1.54, 1.807) is 7.11 Å². The van der Waals surface area contributed by atoms with Crippen LogP contribution in [0.1, 0.15) is 11.4 Å². The second kappa shape index (κ2) is 4.39. The molecule has 3 aromatic rings. The van der Waals surface area contributed by atoms with Crippen molar-refractivity contribution in [3.63, 3.8) is 0 Å². The normalized spacial score (nSPS) is 10.9. The number of hydrogen-bond acceptors (Lipinski definition) is 3. The number of imidazole rings is 1. The smallest absolute Gasteiger partial charge is 0.234 e. The summed E-state index contributed by atoms with van der Waals surface area (Å²) < 4.78 is 7.37. The lowest BCUT2D eigenvalue weighted by molar-refractivity contribution is 0.416. The summed E-state index contributed by atoms with van der Waals surface area (Å²) in [5, 5.41) is 0. The van der Waals surface area contributed by atoms with E-state index in [1.165, 1.54) is 0 Å². The standard InChI is InChI=1S/C15H15N3O/c1-10-8-11(2)18-9-13(17-15(18)16-10)12-6-4-5-7-14(12)19-3/h4-9H,1-3H3. The first-order chi connectivity index (χ1) is 9.19. The molecule has 4 heteroatoms. The highest BCUT2D eigenvalue weighted by Gasteiger charge is 2.11. The van der Waals surface area contributed by atoms with Crippen LogP contribution in [0.15, 0.2) is 36.5 Å². The molecule has 0 aliphatic carbocycles. The lowest BCUT2D eigenvalue weighted by atomic mass is 10.1. The Labute approximate surface area is 111 Å². The van der Waals surface area contributed by atoms with Gasteiger partial charge < -0.3 is 4.74 Å². The summed E-state index contributed by atoms with van der Waals surface area (Å²) in [6.07, 6.45) is 2.00. The Morgan fingerprint density at radius 3 is 2.68 bits per heavy atom. The van der Waals surface area contributed by atoms with Gasteiger partial charge in [-0.05, 0) is 32.0 Å². The third kappa shape index (κ3) is 1.95. The van der Waals surface area contributed by atoms with Crippen molar-refractivity contribution < 1.29 is 4.74 Å². The number of aryl methyl sites for hydroxylation is 2. The van der Waals surface area contributed by atoms with Crippen molar-refractivity contribution in [1.82, 2.24) is 14.4 Å². The summed E-state index contributed by atoms with van der Waals surface area (Å²) >= 11 is 0. The molecule has 3 rings (SSSR count). The van der Waals surface area contributed by atoms with E-state index in [2.05, 4.69) is 16.9 Å². The van der Waals surface area contributed by atoms with Crippen molar-refractivity contribution in [2.75, 3.05) is 7.11 Å². The molecular weight excluding hydrogens is 238 g/mol. The summed E-state index contributed by atoms with van der Waals surface area (Å²) in [5.41, 5.74) is 3.95. The van der Waals surface area contributed by atoms with Crippen molar-refractivity contribution in [1.29, 1.82) is 0 Å². The molecule has 0 N–H and O–H groups in total. The number of para-hydroxylation sites is 1. The number of fused-ring (bicyclic) bond motifs is 1. The van der Waals surface area contributed by atoms with Crippen molar-refractivity contribution in [2.24, 2.45) is 0 Å². The Kier molecular flexibility index (Phi) is 2.71. The minimum Gasteiger partial charge on any atom is -0.496 e. The highest BCUT2D eigenvalue weighted by Crippen LogP contribution is 2.28. The first-order valence-corrected chi connectivity index (χ1v) is 6.16. The molecule has 0 aliphatic heterocycles. The number of hydrogen-bond donors (Lipinski definition) is 0. The van der Waals surface area contributed by atoms with Gasteiger partial charge in [0.05, 0.1) is 12.8 Å². The molecule has 2 aromatic heterocycles. The first-order valence-electron chi connectivity index (χ1n) is 6.16. The first kappa shape index (κ1) is 11.7. The highest BCUT2D eigenvalue weighted by molar-refractivity contribution is 5.68. The average Bonchev–Trinajstić information content (AvgIpc) is 2.82. The summed E-state index contributed by atoms with van der Waals surface area (Å²) in [6, 6.07) is 9.91. The monoisotopic (exact) mass is 253 g/mol. The Bertz CT molecular complexity index is 746. The quantitative estimate of drug-likeness (QED) is 0.704. The fourth-order valence-corrected chi connectivity index (χ4v) is 2.26. The van der Waals surface area contributed by atoms with Crippen LogP contribution >= 0.6 is 0 Å². The van der Waals surface area contributed by atoms with Crippen molar-refractivity contribution in [3.8, 4) is 17.0 Å². The minimum absolute atomic E-state index is 0.721. The van der Waals surface area contributed by atoms with Gasteiger partial charge in [-0.2, -0.15) is 0 Å². The minimum atomic E-state index is 0.721. The Balaban J connectivity index is 2.23. The molecule has 4 nitrogen and oxygen atoms in total. The van der Waals surface area contributed by atoms with E-state index in [-0.39, 0.29) is 0 Å². The van der Waals surface area contributed by atoms with Crippen LogP contribution in [-0.4, -0.2) is 21.5 Å². The third-order valence-electron chi connectivity index (χ3n) is 3.14. The molecule has 0 bridgehead atoms. The van der Waals surface area contributed by atoms with Gasteiger partial charge in [-0.25, -0.2) is 9.97 Å². The van der Waals surface area contributed by atoms with E-state index in [9.17, 15) is 0 Å². The summed E-state index contributed by atoms with van der Waals surface area (Å²) in [5.74, 6) is 1.54. The van der Waals surface area contributed by atoms with Crippen LogP contribution in [0.2, 0.25) is 0 Å². The third-order valence-corrected chi connectivity index (χ3v) is 3.14. The van der Waals surface area contributed by atoms with Gasteiger partial charge in [0.15, 0.2) is 0 Å². The van der Waals surface area contributed by atoms with Gasteiger partial charge in [-0.3, -0.25) is 4.40 Å². The predicted molar refractivity (Wildman–Crippen MR) is 74.4 cm³/mol. The molecule has 0 saturated carbocycles. The Morgan fingerprint density at radius 2 is 1.89 bits per heavy atom. The van der Waals surface area contributed by atoms with Crippen LogP contribution in [0.5, 0.6) is 5.75 Å². The molecule has 96 valence electrons. The number of aromatic nitrogens is 3. The number of methoxy groups -OCH3 is 1. The van der Waals surface area contributed by atoms with Crippen LogP contribution < -0.4 is 4.74 Å². The van der Waals surface area contributed by atoms with Crippen LogP contribution in [0, 0.1) is 13.8 Å². The van der Waals surface area contributed by atoms with E-state index in [0.717, 1.165) is 34.2 Å². The second-order valence-corrected chi connectivity index (χ2v) is 4.54. The molecule has 1 aromatic carbocycles. The Hall–Kier alpha value is -2.36. The van der Waals surface area contributed by atoms with Crippen LogP contribution in [-0.2, 0) is 0 Å². The van der Waals surface area contributed by atoms with Crippen molar-refractivity contribution in [3.05, 3.63) is 47.9 Å². The Morgan fingerprint density at radius 1 is 1.11 bits per heavy atom. The van der Waals surface area contributed by atoms with Crippen LogP contribution in [0.4, 0.5) is 0 Å². The SMILES string of the molecule is COc1ccccc1-c1cn2c(C)cc(C)nc2n1. The van der Waals surface area contributed by atoms with E-state index in [0.29, 0.717) is 0 Å². The van der Waals surface area contributed by atoms with E-state index < -0.39 is 0 Å². The number of nitrogens with zero attached hydrogens (tertiary/aromatic N) is 3. The highest BCUT2D eigenvalue weighted by atomic mass is 16.5. The molecular formula is C15H15N3O. The topological polar surface area (TPSA) is 39.4 Å². The average molecular weight is 253 g/mol. The van der Waals surface area contributed by atoms with Crippen molar-refractivity contribution in [2.45, 2.75) is 13.8 Å². The zero-order valence-corrected chi connectivity index (χ0v) is 11.2. The van der Waals surface area contributed by atoms with Gasteiger partial charge >= 0.3 is 0 Å². The lowest BCUT2D eigenvalue weighted by Gasteiger charge is -2.04. The maximum atomic E-state index is 5.38. The van der Waals surface area contributed by atoms with Gasteiger partial charge in [0, 0.05) is 23.1 Å². The molecule has 0 amide bonds. The largest absolute Gasteiger partial charge is 0.496 e. The lowest BCUT2D eigenvalue weighted by Crippen LogP contribution is -1.94. The molecule has 0 radical (unpaired) electrons. The van der Waals surface area contributed by atoms with Crippen LogP contribution in [0.25, 0.3) is 17.0 Å². The van der Waals surface area contributed by atoms with Gasteiger partial charge in [0.2, 0.25) is 5.78 Å². The van der Waals surface area contributed by atoms with Gasteiger partial charge in [-0.1, -0.05) is 12.1 Å². The molecule has 2 heterocycles. The number of rotatable bonds is 2. The molecule has 0 fully saturated rings. The summed E-state index contributed by atoms with van der Waals surface area (Å²) in [4.78, 5) is 9.03. The molecule has 0 spiro atoms. The predicted octanol–water partition coefficient (Wildman–Crippen LogP) is 3.02. The van der Waals surface area contributed by atoms with Crippen molar-refractivity contribution >= 4 is 5.78 Å². The molecule has 19 heavy (non-hydrogen) atoms. The molecule has 0 saturated heterocycles.